The molecule has 0 fully saturated rings. The number of hydrogen-bond donors (Lipinski definition) is 0. The highest BCUT2D eigenvalue weighted by atomic mass is 35.5. The largest absolute Gasteiger partial charge is 1.00 e. The Kier molecular flexibility index (Phi) is 8.69. The summed E-state index contributed by atoms with van der Waals surface area (Å²) in [7, 11) is 6.34. The first-order valence-corrected chi connectivity index (χ1v) is 7.59. The molecule has 0 amide bonds. The van der Waals surface area contributed by atoms with Crippen LogP contribution in [0, 0.1) is 0 Å². The fourth-order valence-electron chi connectivity index (χ4n) is 2.39. The van der Waals surface area contributed by atoms with E-state index >= 15 is 0 Å². The summed E-state index contributed by atoms with van der Waals surface area (Å²) in [5, 5.41) is 0. The quantitative estimate of drug-likeness (QED) is 0.415. The lowest BCUT2D eigenvalue weighted by Gasteiger charge is -2.33. The van der Waals surface area contributed by atoms with E-state index in [4.69, 9.17) is 4.74 Å². The zero-order valence-electron chi connectivity index (χ0n) is 14.6. The molecule has 0 saturated carbocycles. The minimum atomic E-state index is 0. The Labute approximate surface area is 150 Å². The molecule has 0 spiro atoms. The smallest absolute Gasteiger partial charge is 0.232 e. The molecule has 4 nitrogen and oxygen atoms in total. The van der Waals surface area contributed by atoms with Crippen molar-refractivity contribution in [1.29, 1.82) is 0 Å². The van der Waals surface area contributed by atoms with Crippen molar-refractivity contribution in [3.05, 3.63) is 65.7 Å². The van der Waals surface area contributed by atoms with Gasteiger partial charge in [-0.25, -0.2) is 0 Å². The van der Waals surface area contributed by atoms with Crippen LogP contribution in [0.3, 0.4) is 0 Å². The number of hydrogen-bond acceptors (Lipinski definition) is 2. The van der Waals surface area contributed by atoms with E-state index in [1.807, 2.05) is 54.6 Å². The number of carbonyl (C=O) groups is 1. The summed E-state index contributed by atoms with van der Waals surface area (Å²) in [6.45, 7) is 2.11. The molecule has 1 unspecified atom stereocenters. The Bertz CT molecular complexity index is 621. The first-order chi connectivity index (χ1) is 10.4. The Balaban J connectivity index is 0.00000264. The molecule has 5 heteroatoms. The minimum absolute atomic E-state index is 0. The molecule has 0 aliphatic carbocycles. The summed E-state index contributed by atoms with van der Waals surface area (Å²) in [6.07, 6.45) is 1.02. The maximum Gasteiger partial charge on any atom is 0.232 e. The standard InChI is InChI=1S/C19H24NO2.ClH.H2O/c1-5-18(20(2,3)4)22-17-13-11-16(12-14-17)19(21)15-9-7-6-8-10-15;;/h6-14,18H,5H2,1-4H3;1H;1H2/q+1;;/p-1. The molecule has 132 valence electrons. The summed E-state index contributed by atoms with van der Waals surface area (Å²) in [4.78, 5) is 12.4. The van der Waals surface area contributed by atoms with Gasteiger partial charge in [0.05, 0.1) is 21.1 Å². The van der Waals surface area contributed by atoms with Gasteiger partial charge in [0.1, 0.15) is 5.75 Å². The monoisotopic (exact) mass is 351 g/mol. The van der Waals surface area contributed by atoms with Crippen LogP contribution in [0.4, 0.5) is 0 Å². The lowest BCUT2D eigenvalue weighted by Crippen LogP contribution is -3.00. The second-order valence-electron chi connectivity index (χ2n) is 6.32. The molecule has 2 aromatic rings. The van der Waals surface area contributed by atoms with Gasteiger partial charge in [0.15, 0.2) is 5.78 Å². The normalized spacial score (nSPS) is 11.7. The highest BCUT2D eigenvalue weighted by Gasteiger charge is 2.23. The number of quaternary nitrogens is 1. The molecule has 1 atom stereocenters. The summed E-state index contributed by atoms with van der Waals surface area (Å²) >= 11 is 0. The van der Waals surface area contributed by atoms with Crippen LogP contribution in [-0.4, -0.2) is 43.1 Å². The molecule has 0 saturated heterocycles. The van der Waals surface area contributed by atoms with Crippen LogP contribution in [0.15, 0.2) is 54.6 Å². The van der Waals surface area contributed by atoms with Crippen LogP contribution >= 0.6 is 0 Å². The molecule has 2 N–H and O–H groups in total. The second kappa shape index (κ2) is 9.42. The van der Waals surface area contributed by atoms with Crippen LogP contribution in [0.25, 0.3) is 0 Å². The molecule has 0 radical (unpaired) electrons. The predicted molar refractivity (Wildman–Crippen MR) is 92.7 cm³/mol. The van der Waals surface area contributed by atoms with E-state index in [1.54, 1.807) is 0 Å². The third-order valence-electron chi connectivity index (χ3n) is 3.64. The van der Waals surface area contributed by atoms with Crippen molar-refractivity contribution in [2.45, 2.75) is 19.6 Å². The van der Waals surface area contributed by atoms with Crippen LogP contribution < -0.4 is 17.1 Å². The van der Waals surface area contributed by atoms with Crippen molar-refractivity contribution in [2.75, 3.05) is 21.1 Å². The van der Waals surface area contributed by atoms with Crippen LogP contribution in [-0.2, 0) is 0 Å². The van der Waals surface area contributed by atoms with Crippen molar-refractivity contribution in [3.8, 4) is 5.75 Å². The third-order valence-corrected chi connectivity index (χ3v) is 3.64. The predicted octanol–water partition coefficient (Wildman–Crippen LogP) is -0.0820. The first-order valence-electron chi connectivity index (χ1n) is 7.59. The van der Waals surface area contributed by atoms with Gasteiger partial charge in [0.25, 0.3) is 0 Å². The molecule has 24 heavy (non-hydrogen) atoms. The Morgan fingerprint density at radius 3 is 1.92 bits per heavy atom. The third kappa shape index (κ3) is 5.64. The van der Waals surface area contributed by atoms with Gasteiger partial charge in [0.2, 0.25) is 6.23 Å². The van der Waals surface area contributed by atoms with Crippen molar-refractivity contribution < 1.29 is 31.9 Å². The van der Waals surface area contributed by atoms with Gasteiger partial charge in [-0.1, -0.05) is 37.3 Å². The van der Waals surface area contributed by atoms with Gasteiger partial charge in [-0.2, -0.15) is 0 Å². The molecular formula is C19H26ClNO3. The summed E-state index contributed by atoms with van der Waals surface area (Å²) in [5.41, 5.74) is 1.38. The molecule has 2 aromatic carbocycles. The number of nitrogens with zero attached hydrogens (tertiary/aromatic N) is 1. The fourth-order valence-corrected chi connectivity index (χ4v) is 2.39. The van der Waals surface area contributed by atoms with Crippen LogP contribution in [0.2, 0.25) is 0 Å². The maximum atomic E-state index is 12.4. The van der Waals surface area contributed by atoms with Gasteiger partial charge in [-0.3, -0.25) is 9.28 Å². The van der Waals surface area contributed by atoms with Gasteiger partial charge in [-0.05, 0) is 24.3 Å². The van der Waals surface area contributed by atoms with Crippen molar-refractivity contribution in [1.82, 2.24) is 0 Å². The van der Waals surface area contributed by atoms with Gasteiger partial charge in [-0.15, -0.1) is 0 Å². The summed E-state index contributed by atoms with van der Waals surface area (Å²) in [6, 6.07) is 16.7. The molecule has 2 rings (SSSR count). The maximum absolute atomic E-state index is 12.4. The SMILES string of the molecule is CCC(Oc1ccc(C(=O)c2ccccc2)cc1)[N+](C)(C)C.O.[Cl-]. The molecule has 0 aliphatic rings. The topological polar surface area (TPSA) is 57.8 Å². The molecule has 0 heterocycles. The average molecular weight is 352 g/mol. The van der Waals surface area contributed by atoms with Crippen LogP contribution in [0.1, 0.15) is 29.3 Å². The molecular weight excluding hydrogens is 326 g/mol. The Morgan fingerprint density at radius 1 is 0.958 bits per heavy atom. The molecule has 0 bridgehead atoms. The number of ketones is 1. The second-order valence-corrected chi connectivity index (χ2v) is 6.32. The van der Waals surface area contributed by atoms with E-state index in [0.717, 1.165) is 16.7 Å². The van der Waals surface area contributed by atoms with Crippen molar-refractivity contribution >= 4 is 5.78 Å². The number of halogens is 1. The van der Waals surface area contributed by atoms with E-state index in [2.05, 4.69) is 28.1 Å². The number of rotatable bonds is 6. The van der Waals surface area contributed by atoms with Crippen molar-refractivity contribution in [2.24, 2.45) is 0 Å². The van der Waals surface area contributed by atoms with E-state index in [1.165, 1.54) is 0 Å². The highest BCUT2D eigenvalue weighted by Crippen LogP contribution is 2.19. The number of carbonyl (C=O) groups excluding carboxylic acids is 1. The Morgan fingerprint density at radius 2 is 1.46 bits per heavy atom. The Hall–Kier alpha value is -1.88. The van der Waals surface area contributed by atoms with Gasteiger partial charge >= 0.3 is 0 Å². The van der Waals surface area contributed by atoms with E-state index in [0.29, 0.717) is 11.1 Å². The van der Waals surface area contributed by atoms with Gasteiger partial charge in [0, 0.05) is 17.5 Å². The first kappa shape index (κ1) is 22.1. The lowest BCUT2D eigenvalue weighted by molar-refractivity contribution is -0.915. The molecule has 0 aromatic heterocycles. The zero-order chi connectivity index (χ0) is 16.2. The van der Waals surface area contributed by atoms with E-state index in [9.17, 15) is 4.79 Å². The lowest BCUT2D eigenvalue weighted by atomic mass is 10.0. The fraction of sp³-hybridized carbons (Fsp3) is 0.316. The van der Waals surface area contributed by atoms with Crippen molar-refractivity contribution in [3.63, 3.8) is 0 Å². The average Bonchev–Trinajstić information content (AvgIpc) is 2.52. The highest BCUT2D eigenvalue weighted by molar-refractivity contribution is 6.08. The number of ether oxygens (including phenoxy) is 1. The van der Waals surface area contributed by atoms with E-state index < -0.39 is 0 Å². The summed E-state index contributed by atoms with van der Waals surface area (Å²) in [5.74, 6) is 0.829. The minimum Gasteiger partial charge on any atom is -1.00 e. The number of benzene rings is 2. The molecule has 0 aliphatic heterocycles. The van der Waals surface area contributed by atoms with Crippen LogP contribution in [0.5, 0.6) is 5.75 Å². The van der Waals surface area contributed by atoms with E-state index in [-0.39, 0.29) is 29.9 Å². The summed E-state index contributed by atoms with van der Waals surface area (Å²) < 4.78 is 6.77. The van der Waals surface area contributed by atoms with Gasteiger partial charge < -0.3 is 22.6 Å². The zero-order valence-corrected chi connectivity index (χ0v) is 15.4.